The highest BCUT2D eigenvalue weighted by molar-refractivity contribution is 7.92. The van der Waals surface area contributed by atoms with Gasteiger partial charge in [-0.15, -0.1) is 0 Å². The lowest BCUT2D eigenvalue weighted by Crippen LogP contribution is -2.15. The zero-order valence-corrected chi connectivity index (χ0v) is 13.1. The van der Waals surface area contributed by atoms with Gasteiger partial charge >= 0.3 is 5.97 Å². The van der Waals surface area contributed by atoms with Crippen molar-refractivity contribution in [2.45, 2.75) is 4.90 Å². The summed E-state index contributed by atoms with van der Waals surface area (Å²) in [6, 6.07) is 15.5. The Kier molecular flexibility index (Phi) is 3.86. The van der Waals surface area contributed by atoms with Crippen molar-refractivity contribution in [3.8, 4) is 5.75 Å². The first-order chi connectivity index (χ1) is 11.4. The molecule has 0 amide bonds. The van der Waals surface area contributed by atoms with Gasteiger partial charge in [0.15, 0.2) is 0 Å². The highest BCUT2D eigenvalue weighted by atomic mass is 32.2. The van der Waals surface area contributed by atoms with Gasteiger partial charge in [-0.2, -0.15) is 0 Å². The molecule has 3 N–H and O–H groups in total. The fourth-order valence-corrected chi connectivity index (χ4v) is 3.51. The van der Waals surface area contributed by atoms with Crippen molar-refractivity contribution in [2.75, 3.05) is 4.72 Å². The van der Waals surface area contributed by atoms with Crippen LogP contribution in [0.5, 0.6) is 5.75 Å². The molecule has 0 atom stereocenters. The number of sulfonamides is 1. The van der Waals surface area contributed by atoms with Gasteiger partial charge in [-0.1, -0.05) is 42.5 Å². The van der Waals surface area contributed by atoms with Crippen molar-refractivity contribution < 1.29 is 23.4 Å². The van der Waals surface area contributed by atoms with Crippen molar-refractivity contribution in [3.05, 3.63) is 66.2 Å². The smallest absolute Gasteiger partial charge is 0.341 e. The van der Waals surface area contributed by atoms with Gasteiger partial charge in [0.25, 0.3) is 10.0 Å². The van der Waals surface area contributed by atoms with Gasteiger partial charge in [0.1, 0.15) is 11.3 Å². The van der Waals surface area contributed by atoms with Crippen LogP contribution in [0.25, 0.3) is 10.8 Å². The van der Waals surface area contributed by atoms with Crippen LogP contribution in [0.1, 0.15) is 10.4 Å². The Hall–Kier alpha value is -3.06. The minimum atomic E-state index is -3.98. The van der Waals surface area contributed by atoms with E-state index in [-0.39, 0.29) is 10.6 Å². The van der Waals surface area contributed by atoms with Crippen LogP contribution >= 0.6 is 0 Å². The van der Waals surface area contributed by atoms with E-state index in [4.69, 9.17) is 0 Å². The van der Waals surface area contributed by atoms with Gasteiger partial charge in [0.2, 0.25) is 0 Å². The summed E-state index contributed by atoms with van der Waals surface area (Å²) >= 11 is 0. The number of rotatable bonds is 4. The van der Waals surface area contributed by atoms with Crippen LogP contribution in [0.3, 0.4) is 0 Å². The molecule has 0 saturated carbocycles. The van der Waals surface area contributed by atoms with E-state index in [1.165, 1.54) is 18.2 Å². The van der Waals surface area contributed by atoms with Gasteiger partial charge in [0, 0.05) is 5.39 Å². The van der Waals surface area contributed by atoms with Crippen LogP contribution in [-0.4, -0.2) is 24.6 Å². The van der Waals surface area contributed by atoms with Gasteiger partial charge in [-0.25, -0.2) is 13.2 Å². The number of nitrogens with one attached hydrogen (secondary N) is 1. The van der Waals surface area contributed by atoms with Crippen molar-refractivity contribution in [3.63, 3.8) is 0 Å². The Labute approximate surface area is 138 Å². The number of carbonyl (C=O) groups is 1. The Bertz CT molecular complexity index is 1030. The third kappa shape index (κ3) is 2.77. The quantitative estimate of drug-likeness (QED) is 0.675. The molecule has 0 aliphatic carbocycles. The standard InChI is InChI=1S/C17H13NO5S/c19-16-13-9-5-4-6-11(13)10-14(15(16)17(20)21)18-24(22,23)12-7-2-1-3-8-12/h1-10,18-19H,(H,20,21). The van der Waals surface area contributed by atoms with E-state index in [1.807, 2.05) is 0 Å². The number of aromatic carboxylic acids is 1. The molecule has 0 spiro atoms. The Balaban J connectivity index is 2.19. The van der Waals surface area contributed by atoms with Gasteiger partial charge in [-0.05, 0) is 23.6 Å². The predicted molar refractivity (Wildman–Crippen MR) is 89.8 cm³/mol. The maximum atomic E-state index is 12.4. The van der Waals surface area contributed by atoms with E-state index in [2.05, 4.69) is 4.72 Å². The molecule has 6 nitrogen and oxygen atoms in total. The summed E-state index contributed by atoms with van der Waals surface area (Å²) in [5, 5.41) is 20.5. The summed E-state index contributed by atoms with van der Waals surface area (Å²) in [6.45, 7) is 0. The second kappa shape index (κ2) is 5.86. The summed E-state index contributed by atoms with van der Waals surface area (Å²) in [5.41, 5.74) is -0.684. The molecule has 0 bridgehead atoms. The van der Waals surface area contributed by atoms with E-state index in [0.717, 1.165) is 0 Å². The molecule has 3 rings (SSSR count). The largest absolute Gasteiger partial charge is 0.506 e. The highest BCUT2D eigenvalue weighted by Gasteiger charge is 2.23. The molecule has 3 aromatic rings. The van der Waals surface area contributed by atoms with Crippen LogP contribution in [-0.2, 0) is 10.0 Å². The Morgan fingerprint density at radius 2 is 1.58 bits per heavy atom. The number of benzene rings is 3. The van der Waals surface area contributed by atoms with E-state index < -0.39 is 27.3 Å². The molecule has 0 unspecified atom stereocenters. The maximum Gasteiger partial charge on any atom is 0.341 e. The lowest BCUT2D eigenvalue weighted by Gasteiger charge is -2.14. The summed E-state index contributed by atoms with van der Waals surface area (Å²) < 4.78 is 27.1. The van der Waals surface area contributed by atoms with E-state index >= 15 is 0 Å². The van der Waals surface area contributed by atoms with Crippen molar-refractivity contribution >= 4 is 32.5 Å². The first-order valence-electron chi connectivity index (χ1n) is 6.96. The summed E-state index contributed by atoms with van der Waals surface area (Å²) in [5.74, 6) is -1.91. The Morgan fingerprint density at radius 3 is 2.25 bits per heavy atom. The van der Waals surface area contributed by atoms with E-state index in [0.29, 0.717) is 10.8 Å². The number of fused-ring (bicyclic) bond motifs is 1. The molecule has 7 heteroatoms. The summed E-state index contributed by atoms with van der Waals surface area (Å²) in [6.07, 6.45) is 0. The fraction of sp³-hybridized carbons (Fsp3) is 0. The summed E-state index contributed by atoms with van der Waals surface area (Å²) in [7, 11) is -3.98. The zero-order valence-electron chi connectivity index (χ0n) is 12.3. The molecule has 0 fully saturated rings. The second-order valence-corrected chi connectivity index (χ2v) is 6.77. The molecule has 0 aliphatic rings. The zero-order chi connectivity index (χ0) is 17.3. The minimum Gasteiger partial charge on any atom is -0.506 e. The molecule has 0 radical (unpaired) electrons. The minimum absolute atomic E-state index is 0.00557. The average molecular weight is 343 g/mol. The van der Waals surface area contributed by atoms with Gasteiger partial charge < -0.3 is 10.2 Å². The van der Waals surface area contributed by atoms with Crippen LogP contribution < -0.4 is 4.72 Å². The number of carboxylic acid groups (broad SMARTS) is 1. The third-order valence-corrected chi connectivity index (χ3v) is 4.91. The predicted octanol–water partition coefficient (Wildman–Crippen LogP) is 3.04. The molecule has 3 aromatic carbocycles. The SMILES string of the molecule is O=C(O)c1c(NS(=O)(=O)c2ccccc2)cc2ccccc2c1O. The lowest BCUT2D eigenvalue weighted by molar-refractivity contribution is 0.0695. The topological polar surface area (TPSA) is 104 Å². The number of anilines is 1. The number of carboxylic acids is 1. The fourth-order valence-electron chi connectivity index (χ4n) is 2.43. The van der Waals surface area contributed by atoms with Gasteiger partial charge in [-0.3, -0.25) is 4.72 Å². The van der Waals surface area contributed by atoms with Crippen molar-refractivity contribution in [2.24, 2.45) is 0 Å². The van der Waals surface area contributed by atoms with Crippen LogP contribution in [0.4, 0.5) is 5.69 Å². The molecular weight excluding hydrogens is 330 g/mol. The molecule has 24 heavy (non-hydrogen) atoms. The molecule has 0 heterocycles. The number of hydrogen-bond donors (Lipinski definition) is 3. The maximum absolute atomic E-state index is 12.4. The first-order valence-corrected chi connectivity index (χ1v) is 8.44. The van der Waals surface area contributed by atoms with Crippen molar-refractivity contribution in [1.82, 2.24) is 0 Å². The average Bonchev–Trinajstić information content (AvgIpc) is 2.55. The van der Waals surface area contributed by atoms with E-state index in [1.54, 1.807) is 42.5 Å². The highest BCUT2D eigenvalue weighted by Crippen LogP contribution is 2.35. The molecule has 0 aromatic heterocycles. The molecular formula is C17H13NO5S. The second-order valence-electron chi connectivity index (χ2n) is 5.09. The summed E-state index contributed by atoms with van der Waals surface area (Å²) in [4.78, 5) is 11.5. The van der Waals surface area contributed by atoms with E-state index in [9.17, 15) is 23.4 Å². The van der Waals surface area contributed by atoms with Gasteiger partial charge in [0.05, 0.1) is 10.6 Å². The molecule has 122 valence electrons. The third-order valence-electron chi connectivity index (χ3n) is 3.53. The Morgan fingerprint density at radius 1 is 0.958 bits per heavy atom. The number of aromatic hydroxyl groups is 1. The molecule has 0 aliphatic heterocycles. The first kappa shape index (κ1) is 15.8. The lowest BCUT2D eigenvalue weighted by atomic mass is 10.0. The normalized spacial score (nSPS) is 11.3. The number of phenols is 1. The van der Waals surface area contributed by atoms with Crippen LogP contribution in [0.15, 0.2) is 65.6 Å². The number of hydrogen-bond acceptors (Lipinski definition) is 4. The monoisotopic (exact) mass is 343 g/mol. The molecule has 0 saturated heterocycles. The van der Waals surface area contributed by atoms with Crippen LogP contribution in [0, 0.1) is 0 Å². The van der Waals surface area contributed by atoms with Crippen molar-refractivity contribution in [1.29, 1.82) is 0 Å². The van der Waals surface area contributed by atoms with Crippen LogP contribution in [0.2, 0.25) is 0 Å².